The summed E-state index contributed by atoms with van der Waals surface area (Å²) in [5.41, 5.74) is 0.0654. The summed E-state index contributed by atoms with van der Waals surface area (Å²) in [6.45, 7) is -1.59. The van der Waals surface area contributed by atoms with E-state index >= 15 is 0 Å². The molecule has 1 rings (SSSR count). The maximum Gasteiger partial charge on any atom is 0.338 e. The SMILES string of the molecule is O=C(O[C@@H](CO)[C@@H](O)[C@H](O)[C@H](O)CO)c1ccc(O)cc1. The average molecular weight is 302 g/mol. The van der Waals surface area contributed by atoms with Gasteiger partial charge in [0, 0.05) is 0 Å². The van der Waals surface area contributed by atoms with Crippen molar-refractivity contribution in [2.75, 3.05) is 13.2 Å². The third kappa shape index (κ3) is 4.66. The highest BCUT2D eigenvalue weighted by molar-refractivity contribution is 5.89. The Labute approximate surface area is 120 Å². The van der Waals surface area contributed by atoms with Gasteiger partial charge in [-0.15, -0.1) is 0 Å². The molecule has 4 atom stereocenters. The van der Waals surface area contributed by atoms with Crippen molar-refractivity contribution in [2.24, 2.45) is 0 Å². The van der Waals surface area contributed by atoms with E-state index in [2.05, 4.69) is 0 Å². The molecule has 0 amide bonds. The van der Waals surface area contributed by atoms with E-state index in [-0.39, 0.29) is 11.3 Å². The number of ether oxygens (including phenoxy) is 1. The van der Waals surface area contributed by atoms with Crippen LogP contribution in [0.25, 0.3) is 0 Å². The van der Waals surface area contributed by atoms with Crippen LogP contribution in [-0.4, -0.2) is 74.2 Å². The van der Waals surface area contributed by atoms with E-state index in [0.717, 1.165) is 0 Å². The third-order valence-corrected chi connectivity index (χ3v) is 2.85. The molecule has 8 nitrogen and oxygen atoms in total. The molecule has 8 heteroatoms. The average Bonchev–Trinajstić information content (AvgIpc) is 2.50. The van der Waals surface area contributed by atoms with E-state index in [1.165, 1.54) is 24.3 Å². The molecule has 0 unspecified atom stereocenters. The second kappa shape index (κ2) is 7.91. The van der Waals surface area contributed by atoms with Gasteiger partial charge in [0.05, 0.1) is 18.8 Å². The van der Waals surface area contributed by atoms with Gasteiger partial charge in [-0.3, -0.25) is 0 Å². The first-order chi connectivity index (χ1) is 9.90. The molecule has 0 heterocycles. The molecule has 0 saturated heterocycles. The van der Waals surface area contributed by atoms with Crippen LogP contribution in [0.3, 0.4) is 0 Å². The van der Waals surface area contributed by atoms with Crippen molar-refractivity contribution in [1.82, 2.24) is 0 Å². The van der Waals surface area contributed by atoms with Gasteiger partial charge in [0.25, 0.3) is 0 Å². The quantitative estimate of drug-likeness (QED) is 0.316. The van der Waals surface area contributed by atoms with Crippen LogP contribution < -0.4 is 0 Å². The molecule has 0 aromatic heterocycles. The number of hydrogen-bond donors (Lipinski definition) is 6. The number of phenols is 1. The van der Waals surface area contributed by atoms with Gasteiger partial charge in [0.1, 0.15) is 24.1 Å². The number of carbonyl (C=O) groups excluding carboxylic acids is 1. The first-order valence-corrected chi connectivity index (χ1v) is 6.16. The van der Waals surface area contributed by atoms with Crippen LogP contribution in [0.2, 0.25) is 0 Å². The molecule has 0 aliphatic heterocycles. The Kier molecular flexibility index (Phi) is 6.53. The van der Waals surface area contributed by atoms with E-state index in [1.807, 2.05) is 0 Å². The Morgan fingerprint density at radius 1 is 1.00 bits per heavy atom. The molecule has 0 aliphatic carbocycles. The molecule has 0 radical (unpaired) electrons. The molecule has 21 heavy (non-hydrogen) atoms. The van der Waals surface area contributed by atoms with Gasteiger partial charge in [-0.25, -0.2) is 4.79 Å². The largest absolute Gasteiger partial charge is 0.508 e. The summed E-state index contributed by atoms with van der Waals surface area (Å²) in [6.07, 6.45) is -6.69. The second-order valence-electron chi connectivity index (χ2n) is 4.40. The monoisotopic (exact) mass is 302 g/mol. The van der Waals surface area contributed by atoms with Crippen LogP contribution >= 0.6 is 0 Å². The summed E-state index contributed by atoms with van der Waals surface area (Å²) in [5, 5.41) is 55.3. The summed E-state index contributed by atoms with van der Waals surface area (Å²) in [6, 6.07) is 5.06. The Balaban J connectivity index is 2.72. The number of aromatic hydroxyl groups is 1. The van der Waals surface area contributed by atoms with Gasteiger partial charge in [0.2, 0.25) is 0 Å². The minimum absolute atomic E-state index is 0.0493. The standard InChI is InChI=1S/C13H18O8/c14-5-9(17)11(18)12(19)10(6-15)21-13(20)7-1-3-8(16)4-2-7/h1-4,9-12,14-19H,5-6H2/t9-,10+,11-,12-/m1/s1. The first-order valence-electron chi connectivity index (χ1n) is 6.16. The minimum atomic E-state index is -1.79. The molecule has 118 valence electrons. The fourth-order valence-corrected chi connectivity index (χ4v) is 1.57. The van der Waals surface area contributed by atoms with E-state index < -0.39 is 43.6 Å². The van der Waals surface area contributed by atoms with Crippen LogP contribution in [0.1, 0.15) is 10.4 Å². The van der Waals surface area contributed by atoms with Crippen LogP contribution in [0.15, 0.2) is 24.3 Å². The summed E-state index contributed by atoms with van der Waals surface area (Å²) < 4.78 is 4.83. The normalized spacial score (nSPS) is 16.8. The molecule has 0 bridgehead atoms. The summed E-state index contributed by atoms with van der Waals surface area (Å²) in [5.74, 6) is -0.939. The predicted molar refractivity (Wildman–Crippen MR) is 69.5 cm³/mol. The number of hydrogen-bond acceptors (Lipinski definition) is 8. The van der Waals surface area contributed by atoms with Gasteiger partial charge < -0.3 is 35.4 Å². The van der Waals surface area contributed by atoms with E-state index in [4.69, 9.17) is 20.1 Å². The van der Waals surface area contributed by atoms with Gasteiger partial charge in [-0.1, -0.05) is 0 Å². The Hall–Kier alpha value is -1.71. The number of carbonyl (C=O) groups is 1. The van der Waals surface area contributed by atoms with Gasteiger partial charge in [-0.05, 0) is 24.3 Å². The Bertz CT molecular complexity index is 446. The summed E-state index contributed by atoms with van der Waals surface area (Å²) in [4.78, 5) is 11.8. The smallest absolute Gasteiger partial charge is 0.338 e. The van der Waals surface area contributed by atoms with E-state index in [1.54, 1.807) is 0 Å². The number of rotatable bonds is 7. The van der Waals surface area contributed by atoms with Crippen LogP contribution in [0.5, 0.6) is 5.75 Å². The van der Waals surface area contributed by atoms with Crippen LogP contribution in [0.4, 0.5) is 0 Å². The van der Waals surface area contributed by atoms with Crippen molar-refractivity contribution >= 4 is 5.97 Å². The molecular weight excluding hydrogens is 284 g/mol. The van der Waals surface area contributed by atoms with E-state index in [9.17, 15) is 20.1 Å². The molecule has 1 aromatic rings. The van der Waals surface area contributed by atoms with Crippen molar-refractivity contribution in [3.8, 4) is 5.75 Å². The number of aliphatic hydroxyl groups is 5. The van der Waals surface area contributed by atoms with Crippen LogP contribution in [-0.2, 0) is 4.74 Å². The zero-order valence-corrected chi connectivity index (χ0v) is 11.0. The molecule has 1 aromatic carbocycles. The fraction of sp³-hybridized carbons (Fsp3) is 0.462. The number of esters is 1. The van der Waals surface area contributed by atoms with Crippen LogP contribution in [0, 0.1) is 0 Å². The topological polar surface area (TPSA) is 148 Å². The highest BCUT2D eigenvalue weighted by atomic mass is 16.6. The Morgan fingerprint density at radius 2 is 1.57 bits per heavy atom. The molecule has 6 N–H and O–H groups in total. The predicted octanol–water partition coefficient (Wildman–Crippen LogP) is -2.02. The number of benzene rings is 1. The summed E-state index contributed by atoms with van der Waals surface area (Å²) >= 11 is 0. The van der Waals surface area contributed by atoms with Gasteiger partial charge in [0.15, 0.2) is 6.10 Å². The highest BCUT2D eigenvalue weighted by Crippen LogP contribution is 2.14. The Morgan fingerprint density at radius 3 is 2.05 bits per heavy atom. The van der Waals surface area contributed by atoms with Crippen molar-refractivity contribution < 1.29 is 40.2 Å². The lowest BCUT2D eigenvalue weighted by atomic mass is 10.0. The van der Waals surface area contributed by atoms with Crippen molar-refractivity contribution in [3.05, 3.63) is 29.8 Å². The first kappa shape index (κ1) is 17.3. The molecule has 0 aliphatic rings. The van der Waals surface area contributed by atoms with Crippen molar-refractivity contribution in [1.29, 1.82) is 0 Å². The molecule has 0 saturated carbocycles. The van der Waals surface area contributed by atoms with E-state index in [0.29, 0.717) is 0 Å². The number of aliphatic hydroxyl groups excluding tert-OH is 5. The molecular formula is C13H18O8. The third-order valence-electron chi connectivity index (χ3n) is 2.85. The molecule has 0 fully saturated rings. The van der Waals surface area contributed by atoms with Gasteiger partial charge in [-0.2, -0.15) is 0 Å². The van der Waals surface area contributed by atoms with Crippen molar-refractivity contribution in [3.63, 3.8) is 0 Å². The second-order valence-corrected chi connectivity index (χ2v) is 4.40. The molecule has 0 spiro atoms. The maximum atomic E-state index is 11.8. The summed E-state index contributed by atoms with van der Waals surface area (Å²) in [7, 11) is 0. The lowest BCUT2D eigenvalue weighted by molar-refractivity contribution is -0.126. The lowest BCUT2D eigenvalue weighted by Gasteiger charge is -2.27. The van der Waals surface area contributed by atoms with Gasteiger partial charge >= 0.3 is 5.97 Å². The fourth-order valence-electron chi connectivity index (χ4n) is 1.57. The highest BCUT2D eigenvalue weighted by Gasteiger charge is 2.33. The zero-order chi connectivity index (χ0) is 16.0. The maximum absolute atomic E-state index is 11.8. The lowest BCUT2D eigenvalue weighted by Crippen LogP contribution is -2.48. The van der Waals surface area contributed by atoms with Crippen molar-refractivity contribution in [2.45, 2.75) is 24.4 Å². The zero-order valence-electron chi connectivity index (χ0n) is 11.0. The minimum Gasteiger partial charge on any atom is -0.508 e. The number of phenolic OH excluding ortho intramolecular Hbond substituents is 1.